The summed E-state index contributed by atoms with van der Waals surface area (Å²) < 4.78 is 2.02. The summed E-state index contributed by atoms with van der Waals surface area (Å²) in [5.41, 5.74) is 11.6. The lowest BCUT2D eigenvalue weighted by Crippen LogP contribution is -2.04. The molecule has 0 aliphatic carbocycles. The fraction of sp³-hybridized carbons (Fsp3) is 0.188. The van der Waals surface area contributed by atoms with Gasteiger partial charge >= 0.3 is 0 Å². The Bertz CT molecular complexity index is 790. The number of anilines is 1. The van der Waals surface area contributed by atoms with E-state index in [-0.39, 0.29) is 0 Å². The molecule has 3 rings (SSSR count). The molecule has 0 fully saturated rings. The average Bonchev–Trinajstić information content (AvgIpc) is 2.67. The number of imidazole rings is 1. The van der Waals surface area contributed by atoms with Gasteiger partial charge in [0, 0.05) is 5.02 Å². The predicted octanol–water partition coefficient (Wildman–Crippen LogP) is 3.94. The molecule has 1 aromatic heterocycles. The van der Waals surface area contributed by atoms with Gasteiger partial charge in [0.15, 0.2) is 0 Å². The summed E-state index contributed by atoms with van der Waals surface area (Å²) in [6.07, 6.45) is 0. The standard InChI is InChI=1S/C16H16ClN3/c1-10-6-14-15(7-11(10)2)20(16(18)19-14)9-12-4-3-5-13(17)8-12/h3-8H,9H2,1-2H3,(H2,18,19). The first-order valence-electron chi connectivity index (χ1n) is 6.52. The Morgan fingerprint density at radius 1 is 1.15 bits per heavy atom. The third-order valence-electron chi connectivity index (χ3n) is 3.62. The first-order chi connectivity index (χ1) is 9.54. The van der Waals surface area contributed by atoms with Crippen molar-refractivity contribution in [2.45, 2.75) is 20.4 Å². The van der Waals surface area contributed by atoms with Crippen molar-refractivity contribution in [3.8, 4) is 0 Å². The Morgan fingerprint density at radius 3 is 2.65 bits per heavy atom. The molecule has 2 aromatic carbocycles. The largest absolute Gasteiger partial charge is 0.369 e. The Balaban J connectivity index is 2.11. The van der Waals surface area contributed by atoms with Crippen LogP contribution in [0.1, 0.15) is 16.7 Å². The normalized spacial score (nSPS) is 11.2. The van der Waals surface area contributed by atoms with E-state index in [1.54, 1.807) is 0 Å². The highest BCUT2D eigenvalue weighted by Gasteiger charge is 2.10. The molecule has 0 saturated carbocycles. The van der Waals surface area contributed by atoms with E-state index in [0.717, 1.165) is 21.6 Å². The van der Waals surface area contributed by atoms with Crippen molar-refractivity contribution in [1.82, 2.24) is 9.55 Å². The molecule has 0 aliphatic heterocycles. The van der Waals surface area contributed by atoms with Gasteiger partial charge < -0.3 is 10.3 Å². The Morgan fingerprint density at radius 2 is 1.90 bits per heavy atom. The summed E-state index contributed by atoms with van der Waals surface area (Å²) in [6, 6.07) is 12.0. The highest BCUT2D eigenvalue weighted by molar-refractivity contribution is 6.30. The van der Waals surface area contributed by atoms with Gasteiger partial charge in [-0.1, -0.05) is 23.7 Å². The SMILES string of the molecule is Cc1cc2nc(N)n(Cc3cccc(Cl)c3)c2cc1C. The Labute approximate surface area is 123 Å². The van der Waals surface area contributed by atoms with Gasteiger partial charge in [-0.15, -0.1) is 0 Å². The van der Waals surface area contributed by atoms with E-state index in [4.69, 9.17) is 17.3 Å². The van der Waals surface area contributed by atoms with Crippen LogP contribution in [0.3, 0.4) is 0 Å². The van der Waals surface area contributed by atoms with Crippen molar-refractivity contribution >= 4 is 28.6 Å². The van der Waals surface area contributed by atoms with E-state index in [1.165, 1.54) is 11.1 Å². The van der Waals surface area contributed by atoms with E-state index < -0.39 is 0 Å². The van der Waals surface area contributed by atoms with E-state index in [2.05, 4.69) is 31.0 Å². The van der Waals surface area contributed by atoms with Crippen molar-refractivity contribution in [1.29, 1.82) is 0 Å². The lowest BCUT2D eigenvalue weighted by molar-refractivity contribution is 0.838. The predicted molar refractivity (Wildman–Crippen MR) is 84.2 cm³/mol. The summed E-state index contributed by atoms with van der Waals surface area (Å²) >= 11 is 6.03. The molecule has 0 aliphatic rings. The summed E-state index contributed by atoms with van der Waals surface area (Å²) in [7, 11) is 0. The van der Waals surface area contributed by atoms with Gasteiger partial charge in [-0.3, -0.25) is 0 Å². The maximum atomic E-state index is 6.06. The van der Waals surface area contributed by atoms with Gasteiger partial charge in [-0.2, -0.15) is 0 Å². The summed E-state index contributed by atoms with van der Waals surface area (Å²) in [5.74, 6) is 0.532. The van der Waals surface area contributed by atoms with Crippen molar-refractivity contribution in [2.24, 2.45) is 0 Å². The minimum atomic E-state index is 0.532. The molecule has 0 spiro atoms. The van der Waals surface area contributed by atoms with Gasteiger partial charge in [0.05, 0.1) is 17.6 Å². The number of hydrogen-bond donors (Lipinski definition) is 1. The highest BCUT2D eigenvalue weighted by atomic mass is 35.5. The lowest BCUT2D eigenvalue weighted by atomic mass is 10.1. The number of fused-ring (bicyclic) bond motifs is 1. The van der Waals surface area contributed by atoms with Crippen LogP contribution in [0.25, 0.3) is 11.0 Å². The van der Waals surface area contributed by atoms with E-state index in [1.807, 2.05) is 28.8 Å². The molecule has 3 aromatic rings. The monoisotopic (exact) mass is 285 g/mol. The molecule has 20 heavy (non-hydrogen) atoms. The summed E-state index contributed by atoms with van der Waals surface area (Å²) in [4.78, 5) is 4.44. The molecule has 0 saturated heterocycles. The van der Waals surface area contributed by atoms with Crippen LogP contribution in [0.5, 0.6) is 0 Å². The van der Waals surface area contributed by atoms with E-state index in [9.17, 15) is 0 Å². The minimum absolute atomic E-state index is 0.532. The molecule has 0 bridgehead atoms. The van der Waals surface area contributed by atoms with Crippen LogP contribution in [0.2, 0.25) is 5.02 Å². The lowest BCUT2D eigenvalue weighted by Gasteiger charge is -2.08. The zero-order valence-corrected chi connectivity index (χ0v) is 12.3. The first-order valence-corrected chi connectivity index (χ1v) is 6.90. The van der Waals surface area contributed by atoms with Gasteiger partial charge in [0.25, 0.3) is 0 Å². The quantitative estimate of drug-likeness (QED) is 0.775. The number of nitrogens with zero attached hydrogens (tertiary/aromatic N) is 2. The van der Waals surface area contributed by atoms with E-state index >= 15 is 0 Å². The number of benzene rings is 2. The second-order valence-corrected chi connectivity index (χ2v) is 5.55. The maximum Gasteiger partial charge on any atom is 0.201 e. The van der Waals surface area contributed by atoms with Crippen LogP contribution in [-0.2, 0) is 6.54 Å². The molecular weight excluding hydrogens is 270 g/mol. The molecule has 3 nitrogen and oxygen atoms in total. The molecule has 0 unspecified atom stereocenters. The van der Waals surface area contributed by atoms with Crippen LogP contribution in [-0.4, -0.2) is 9.55 Å². The van der Waals surface area contributed by atoms with Crippen LogP contribution in [0.15, 0.2) is 36.4 Å². The number of nitrogen functional groups attached to an aromatic ring is 1. The van der Waals surface area contributed by atoms with Gasteiger partial charge in [0.1, 0.15) is 0 Å². The Kier molecular flexibility index (Phi) is 3.14. The zero-order valence-electron chi connectivity index (χ0n) is 11.5. The number of nitrogens with two attached hydrogens (primary N) is 1. The number of aromatic nitrogens is 2. The fourth-order valence-corrected chi connectivity index (χ4v) is 2.60. The third-order valence-corrected chi connectivity index (χ3v) is 3.86. The summed E-state index contributed by atoms with van der Waals surface area (Å²) in [5, 5.41) is 0.734. The van der Waals surface area contributed by atoms with Crippen LogP contribution >= 0.6 is 11.6 Å². The second kappa shape index (κ2) is 4.84. The van der Waals surface area contributed by atoms with Crippen LogP contribution in [0, 0.1) is 13.8 Å². The minimum Gasteiger partial charge on any atom is -0.369 e. The van der Waals surface area contributed by atoms with Gasteiger partial charge in [0.2, 0.25) is 5.95 Å². The topological polar surface area (TPSA) is 43.8 Å². The number of halogens is 1. The number of rotatable bonds is 2. The van der Waals surface area contributed by atoms with Crippen LogP contribution < -0.4 is 5.73 Å². The Hall–Kier alpha value is -2.00. The molecule has 0 atom stereocenters. The highest BCUT2D eigenvalue weighted by Crippen LogP contribution is 2.23. The van der Waals surface area contributed by atoms with Gasteiger partial charge in [-0.05, 0) is 54.8 Å². The molecule has 1 heterocycles. The van der Waals surface area contributed by atoms with Gasteiger partial charge in [-0.25, -0.2) is 4.98 Å². The second-order valence-electron chi connectivity index (χ2n) is 5.11. The third kappa shape index (κ3) is 2.25. The average molecular weight is 286 g/mol. The molecule has 0 amide bonds. The van der Waals surface area contributed by atoms with Crippen molar-refractivity contribution < 1.29 is 0 Å². The van der Waals surface area contributed by atoms with Crippen molar-refractivity contribution in [3.05, 3.63) is 58.1 Å². The van der Waals surface area contributed by atoms with Crippen molar-refractivity contribution in [3.63, 3.8) is 0 Å². The fourth-order valence-electron chi connectivity index (χ4n) is 2.38. The molecule has 2 N–H and O–H groups in total. The molecule has 0 radical (unpaired) electrons. The summed E-state index contributed by atoms with van der Waals surface area (Å²) in [6.45, 7) is 4.86. The van der Waals surface area contributed by atoms with Crippen LogP contribution in [0.4, 0.5) is 5.95 Å². The molecular formula is C16H16ClN3. The smallest absolute Gasteiger partial charge is 0.201 e. The van der Waals surface area contributed by atoms with E-state index in [0.29, 0.717) is 12.5 Å². The number of aryl methyl sites for hydroxylation is 2. The molecule has 102 valence electrons. The zero-order chi connectivity index (χ0) is 14.3. The number of hydrogen-bond acceptors (Lipinski definition) is 2. The maximum absolute atomic E-state index is 6.06. The molecule has 4 heteroatoms. The first kappa shape index (κ1) is 13.0. The van der Waals surface area contributed by atoms with Crippen molar-refractivity contribution in [2.75, 3.05) is 5.73 Å².